The Morgan fingerprint density at radius 1 is 0.800 bits per heavy atom. The molecule has 0 unspecified atom stereocenters. The van der Waals surface area contributed by atoms with Gasteiger partial charge < -0.3 is 5.32 Å². The molecule has 5 nitrogen and oxygen atoms in total. The third-order valence-corrected chi connectivity index (χ3v) is 5.04. The number of hydrazone groups is 1. The Morgan fingerprint density at radius 3 is 2.27 bits per heavy atom. The molecule has 3 aromatic carbocycles. The van der Waals surface area contributed by atoms with Crippen molar-refractivity contribution >= 4 is 58.0 Å². The molecule has 0 fully saturated rings. The van der Waals surface area contributed by atoms with Crippen LogP contribution < -0.4 is 10.7 Å². The maximum Gasteiger partial charge on any atom is 0.272 e. The maximum atomic E-state index is 12.5. The van der Waals surface area contributed by atoms with E-state index in [4.69, 9.17) is 34.8 Å². The number of rotatable bonds is 5. The Balaban J connectivity index is 1.72. The lowest BCUT2D eigenvalue weighted by atomic mass is 10.1. The maximum absolute atomic E-state index is 12.5. The van der Waals surface area contributed by atoms with Crippen LogP contribution in [0.4, 0.5) is 5.69 Å². The van der Waals surface area contributed by atoms with Crippen molar-refractivity contribution in [3.05, 3.63) is 98.5 Å². The van der Waals surface area contributed by atoms with Crippen molar-refractivity contribution < 1.29 is 9.59 Å². The van der Waals surface area contributed by atoms with Crippen LogP contribution in [0.5, 0.6) is 0 Å². The number of carbonyl (C=O) groups is 2. The average molecular weight is 461 g/mol. The van der Waals surface area contributed by atoms with E-state index in [0.717, 1.165) is 5.56 Å². The van der Waals surface area contributed by atoms with Gasteiger partial charge in [-0.1, -0.05) is 59.1 Å². The van der Waals surface area contributed by atoms with Gasteiger partial charge >= 0.3 is 0 Å². The van der Waals surface area contributed by atoms with E-state index in [1.165, 1.54) is 6.07 Å². The first kappa shape index (κ1) is 21.8. The van der Waals surface area contributed by atoms with Crippen molar-refractivity contribution in [1.29, 1.82) is 0 Å². The van der Waals surface area contributed by atoms with Gasteiger partial charge in [0, 0.05) is 10.7 Å². The topological polar surface area (TPSA) is 70.6 Å². The van der Waals surface area contributed by atoms with E-state index in [-0.39, 0.29) is 10.9 Å². The molecule has 0 saturated heterocycles. The van der Waals surface area contributed by atoms with Crippen LogP contribution >= 0.6 is 34.8 Å². The molecular formula is C22H16Cl3N3O2. The molecule has 0 aliphatic heterocycles. The lowest BCUT2D eigenvalue weighted by Gasteiger charge is -2.09. The smallest absolute Gasteiger partial charge is 0.272 e. The fourth-order valence-electron chi connectivity index (χ4n) is 2.60. The number of carbonyl (C=O) groups excluding carboxylic acids is 2. The standard InChI is InChI=1S/C22H16Cl3N3O2/c1-13(27-28-22(30)17-7-2-3-8-19(17)24)14-5-4-6-16(11-14)26-21(29)18-10-9-15(23)12-20(18)25/h2-12H,1H3,(H,26,29)(H,28,30). The van der Waals surface area contributed by atoms with Crippen LogP contribution in [-0.2, 0) is 0 Å². The minimum absolute atomic E-state index is 0.260. The van der Waals surface area contributed by atoms with Crippen LogP contribution in [0.1, 0.15) is 33.2 Å². The van der Waals surface area contributed by atoms with E-state index < -0.39 is 5.91 Å². The fourth-order valence-corrected chi connectivity index (χ4v) is 3.31. The summed E-state index contributed by atoms with van der Waals surface area (Å²) in [5, 5.41) is 7.96. The first-order valence-electron chi connectivity index (χ1n) is 8.81. The van der Waals surface area contributed by atoms with E-state index in [9.17, 15) is 9.59 Å². The molecule has 0 heterocycles. The lowest BCUT2D eigenvalue weighted by molar-refractivity contribution is 0.0954. The van der Waals surface area contributed by atoms with Crippen LogP contribution in [0.3, 0.4) is 0 Å². The Morgan fingerprint density at radius 2 is 1.53 bits per heavy atom. The summed E-state index contributed by atoms with van der Waals surface area (Å²) in [6.07, 6.45) is 0. The molecule has 0 aliphatic carbocycles. The van der Waals surface area contributed by atoms with Gasteiger partial charge in [-0.25, -0.2) is 5.43 Å². The summed E-state index contributed by atoms with van der Waals surface area (Å²) >= 11 is 18.0. The molecule has 0 aliphatic rings. The number of nitrogens with zero attached hydrogens (tertiary/aromatic N) is 1. The fraction of sp³-hybridized carbons (Fsp3) is 0.0455. The Labute approximate surface area is 188 Å². The summed E-state index contributed by atoms with van der Waals surface area (Å²) in [4.78, 5) is 24.7. The summed E-state index contributed by atoms with van der Waals surface area (Å²) in [6.45, 7) is 1.74. The predicted molar refractivity (Wildman–Crippen MR) is 122 cm³/mol. The van der Waals surface area contributed by atoms with Crippen molar-refractivity contribution in [3.8, 4) is 0 Å². The molecule has 0 bridgehead atoms. The van der Waals surface area contributed by atoms with Crippen molar-refractivity contribution in [1.82, 2.24) is 5.43 Å². The van der Waals surface area contributed by atoms with E-state index >= 15 is 0 Å². The molecule has 0 radical (unpaired) electrons. The van der Waals surface area contributed by atoms with E-state index in [0.29, 0.717) is 32.6 Å². The van der Waals surface area contributed by atoms with Crippen LogP contribution in [0, 0.1) is 0 Å². The highest BCUT2D eigenvalue weighted by Gasteiger charge is 2.12. The van der Waals surface area contributed by atoms with Crippen LogP contribution in [0.25, 0.3) is 0 Å². The average Bonchev–Trinajstić information content (AvgIpc) is 2.72. The largest absolute Gasteiger partial charge is 0.322 e. The first-order valence-corrected chi connectivity index (χ1v) is 9.94. The van der Waals surface area contributed by atoms with Gasteiger partial charge in [-0.15, -0.1) is 0 Å². The third-order valence-electron chi connectivity index (χ3n) is 4.16. The van der Waals surface area contributed by atoms with Gasteiger partial charge in [-0.05, 0) is 55.0 Å². The molecule has 0 saturated carbocycles. The van der Waals surface area contributed by atoms with E-state index in [2.05, 4.69) is 15.8 Å². The molecule has 2 amide bonds. The van der Waals surface area contributed by atoms with Crippen molar-refractivity contribution in [2.75, 3.05) is 5.32 Å². The zero-order valence-electron chi connectivity index (χ0n) is 15.7. The zero-order valence-corrected chi connectivity index (χ0v) is 18.0. The molecule has 152 valence electrons. The minimum Gasteiger partial charge on any atom is -0.322 e. The van der Waals surface area contributed by atoms with Gasteiger partial charge in [0.25, 0.3) is 11.8 Å². The summed E-state index contributed by atoms with van der Waals surface area (Å²) in [7, 11) is 0. The Hall–Kier alpha value is -2.86. The zero-order chi connectivity index (χ0) is 21.7. The van der Waals surface area contributed by atoms with Crippen molar-refractivity contribution in [2.24, 2.45) is 5.10 Å². The number of hydrogen-bond acceptors (Lipinski definition) is 3. The summed E-state index contributed by atoms with van der Waals surface area (Å²) in [5.74, 6) is -0.780. The highest BCUT2D eigenvalue weighted by atomic mass is 35.5. The van der Waals surface area contributed by atoms with Gasteiger partial charge in [0.05, 0.1) is 26.9 Å². The van der Waals surface area contributed by atoms with Crippen LogP contribution in [0.15, 0.2) is 71.8 Å². The molecule has 3 rings (SSSR count). The molecule has 2 N–H and O–H groups in total. The summed E-state index contributed by atoms with van der Waals surface area (Å²) < 4.78 is 0. The molecule has 0 spiro atoms. The number of benzene rings is 3. The van der Waals surface area contributed by atoms with Crippen LogP contribution in [-0.4, -0.2) is 17.5 Å². The first-order chi connectivity index (χ1) is 14.3. The van der Waals surface area contributed by atoms with Gasteiger partial charge in [-0.2, -0.15) is 5.10 Å². The van der Waals surface area contributed by atoms with E-state index in [1.807, 2.05) is 6.07 Å². The second-order valence-electron chi connectivity index (χ2n) is 6.28. The number of anilines is 1. The molecular weight excluding hydrogens is 445 g/mol. The molecule has 0 atom stereocenters. The van der Waals surface area contributed by atoms with Crippen molar-refractivity contribution in [3.63, 3.8) is 0 Å². The van der Waals surface area contributed by atoms with Gasteiger partial charge in [0.1, 0.15) is 0 Å². The van der Waals surface area contributed by atoms with Gasteiger partial charge in [-0.3, -0.25) is 9.59 Å². The minimum atomic E-state index is -0.415. The van der Waals surface area contributed by atoms with E-state index in [1.54, 1.807) is 61.5 Å². The highest BCUT2D eigenvalue weighted by Crippen LogP contribution is 2.22. The van der Waals surface area contributed by atoms with Gasteiger partial charge in [0.15, 0.2) is 0 Å². The lowest BCUT2D eigenvalue weighted by Crippen LogP contribution is -2.19. The molecule has 0 aromatic heterocycles. The molecule has 3 aromatic rings. The van der Waals surface area contributed by atoms with Crippen molar-refractivity contribution in [2.45, 2.75) is 6.92 Å². The highest BCUT2D eigenvalue weighted by molar-refractivity contribution is 6.37. The van der Waals surface area contributed by atoms with Crippen LogP contribution in [0.2, 0.25) is 15.1 Å². The Kier molecular flexibility index (Phi) is 7.11. The summed E-state index contributed by atoms with van der Waals surface area (Å²) in [5.41, 5.74) is 4.94. The Bertz CT molecular complexity index is 1150. The second-order valence-corrected chi connectivity index (χ2v) is 7.53. The normalized spacial score (nSPS) is 11.1. The summed E-state index contributed by atoms with van der Waals surface area (Å²) in [6, 6.07) is 18.4. The number of amides is 2. The van der Waals surface area contributed by atoms with Gasteiger partial charge in [0.2, 0.25) is 0 Å². The third kappa shape index (κ3) is 5.39. The predicted octanol–water partition coefficient (Wildman–Crippen LogP) is 6.05. The number of halogens is 3. The number of nitrogens with one attached hydrogen (secondary N) is 2. The quantitative estimate of drug-likeness (QED) is 0.359. The molecule has 8 heteroatoms. The molecule has 30 heavy (non-hydrogen) atoms. The number of hydrogen-bond donors (Lipinski definition) is 2. The SMILES string of the molecule is CC(=NNC(=O)c1ccccc1Cl)c1cccc(NC(=O)c2ccc(Cl)cc2Cl)c1. The second kappa shape index (κ2) is 9.76. The monoisotopic (exact) mass is 459 g/mol.